The van der Waals surface area contributed by atoms with Crippen molar-refractivity contribution in [1.82, 2.24) is 0 Å². The fourth-order valence-corrected chi connectivity index (χ4v) is 6.91. The molecule has 6 rings (SSSR count). The number of fused-ring (bicyclic) bond motifs is 3. The Labute approximate surface area is 236 Å². The van der Waals surface area contributed by atoms with Crippen molar-refractivity contribution >= 4 is 35.0 Å². The minimum Gasteiger partial charge on any atom is -0.507 e. The number of allylic oxidation sites excluding steroid dienone is 7. The van der Waals surface area contributed by atoms with Crippen LogP contribution in [0.2, 0.25) is 0 Å². The number of Topliss-reactive ketones (excluding diaryl/α,β-unsaturated/α-hetero) is 1. The van der Waals surface area contributed by atoms with Crippen LogP contribution in [0.5, 0.6) is 5.75 Å². The predicted octanol–water partition coefficient (Wildman–Crippen LogP) is 4.45. The summed E-state index contributed by atoms with van der Waals surface area (Å²) in [4.78, 5) is 67.1. The van der Waals surface area contributed by atoms with Crippen molar-refractivity contribution in [2.45, 2.75) is 32.1 Å². The van der Waals surface area contributed by atoms with Gasteiger partial charge in [0.25, 0.3) is 0 Å². The highest BCUT2D eigenvalue weighted by atomic mass is 16.4. The van der Waals surface area contributed by atoms with E-state index < -0.39 is 41.5 Å². The number of ketones is 2. The maximum Gasteiger partial charge on any atom is 0.335 e. The van der Waals surface area contributed by atoms with Gasteiger partial charge in [-0.05, 0) is 61.9 Å². The van der Waals surface area contributed by atoms with E-state index in [1.54, 1.807) is 31.2 Å². The number of nitrogens with zero attached hydrogens (tertiary/aromatic N) is 1. The first kappa shape index (κ1) is 26.4. The molecular weight excluding hydrogens is 522 g/mol. The summed E-state index contributed by atoms with van der Waals surface area (Å²) in [6, 6.07) is 11.0. The second kappa shape index (κ2) is 9.66. The Balaban J connectivity index is 1.49. The number of phenols is 1. The van der Waals surface area contributed by atoms with Gasteiger partial charge in [0.15, 0.2) is 11.6 Å². The largest absolute Gasteiger partial charge is 0.507 e. The first-order valence-electron chi connectivity index (χ1n) is 13.5. The van der Waals surface area contributed by atoms with Crippen molar-refractivity contribution in [2.75, 3.05) is 4.90 Å². The molecule has 3 aliphatic carbocycles. The fraction of sp³-hybridized carbons (Fsp3) is 0.242. The van der Waals surface area contributed by atoms with Gasteiger partial charge in [-0.3, -0.25) is 24.1 Å². The van der Waals surface area contributed by atoms with E-state index >= 15 is 0 Å². The number of aromatic hydroxyl groups is 1. The Morgan fingerprint density at radius 3 is 2.56 bits per heavy atom. The van der Waals surface area contributed by atoms with Gasteiger partial charge < -0.3 is 10.2 Å². The number of carboxylic acid groups (broad SMARTS) is 1. The number of carboxylic acids is 1. The van der Waals surface area contributed by atoms with Crippen LogP contribution in [-0.2, 0) is 25.6 Å². The Hall–Kier alpha value is -4.85. The highest BCUT2D eigenvalue weighted by Crippen LogP contribution is 2.56. The zero-order valence-corrected chi connectivity index (χ0v) is 22.3. The van der Waals surface area contributed by atoms with Crippen molar-refractivity contribution in [1.29, 1.82) is 0 Å². The normalized spacial score (nSPS) is 25.3. The third kappa shape index (κ3) is 3.93. The standard InChI is InChI=1S/C33H27NO7/c1-3-6-17-7-5-10-21(30(17)37)26-20-11-12-22-27(23(20)15-24-25(35)13-16(2)29(36)28(24)26)32(39)34(31(22)38)19-9-4-8-18(14-19)33(40)41/h3-5,7-11,13-14,22-23,26-27,37H,1,6,12,15H2,2H3,(H,40,41)/t22-,23+,26+,27-/m0/s1. The number of imide groups is 1. The van der Waals surface area contributed by atoms with Crippen molar-refractivity contribution in [3.63, 3.8) is 0 Å². The lowest BCUT2D eigenvalue weighted by Crippen LogP contribution is -2.39. The second-order valence-corrected chi connectivity index (χ2v) is 10.9. The summed E-state index contributed by atoms with van der Waals surface area (Å²) in [5.41, 5.74) is 2.87. The molecule has 0 bridgehead atoms. The molecule has 2 aromatic carbocycles. The number of hydrogen-bond acceptors (Lipinski definition) is 6. The Kier molecular flexibility index (Phi) is 6.21. The molecule has 1 saturated heterocycles. The van der Waals surface area contributed by atoms with Crippen molar-refractivity contribution in [3.05, 3.63) is 106 Å². The molecule has 41 heavy (non-hydrogen) atoms. The molecule has 2 N–H and O–H groups in total. The average molecular weight is 550 g/mol. The molecule has 2 amide bonds. The van der Waals surface area contributed by atoms with E-state index in [0.29, 0.717) is 34.3 Å². The minimum absolute atomic E-state index is 0.00122. The Bertz CT molecular complexity index is 1690. The van der Waals surface area contributed by atoms with E-state index in [1.807, 2.05) is 6.08 Å². The molecule has 0 saturated carbocycles. The molecule has 0 radical (unpaired) electrons. The van der Waals surface area contributed by atoms with Crippen LogP contribution in [0, 0.1) is 17.8 Å². The second-order valence-electron chi connectivity index (χ2n) is 10.9. The first-order valence-corrected chi connectivity index (χ1v) is 13.5. The monoisotopic (exact) mass is 549 g/mol. The minimum atomic E-state index is -1.18. The van der Waals surface area contributed by atoms with Gasteiger partial charge in [-0.2, -0.15) is 0 Å². The molecule has 4 atom stereocenters. The zero-order valence-electron chi connectivity index (χ0n) is 22.3. The Morgan fingerprint density at radius 2 is 1.83 bits per heavy atom. The number of carbonyl (C=O) groups is 5. The van der Waals surface area contributed by atoms with Crippen LogP contribution in [0.25, 0.3) is 0 Å². The maximum absolute atomic E-state index is 14.0. The number of hydrogen-bond donors (Lipinski definition) is 2. The third-order valence-electron chi connectivity index (χ3n) is 8.74. The Morgan fingerprint density at radius 1 is 1.07 bits per heavy atom. The molecule has 0 spiro atoms. The van der Waals surface area contributed by atoms with Crippen LogP contribution in [0.4, 0.5) is 5.69 Å². The van der Waals surface area contributed by atoms with E-state index in [4.69, 9.17) is 0 Å². The van der Waals surface area contributed by atoms with Crippen molar-refractivity contribution < 1.29 is 34.2 Å². The topological polar surface area (TPSA) is 129 Å². The summed E-state index contributed by atoms with van der Waals surface area (Å²) in [5.74, 6) is -5.48. The van der Waals surface area contributed by atoms with Crippen LogP contribution >= 0.6 is 0 Å². The van der Waals surface area contributed by atoms with E-state index in [2.05, 4.69) is 6.58 Å². The highest BCUT2D eigenvalue weighted by Gasteiger charge is 2.56. The molecular formula is C33H27NO7. The van der Waals surface area contributed by atoms with Gasteiger partial charge in [0.05, 0.1) is 23.1 Å². The summed E-state index contributed by atoms with van der Waals surface area (Å²) in [6.45, 7) is 5.35. The molecule has 0 unspecified atom stereocenters. The molecule has 1 heterocycles. The van der Waals surface area contributed by atoms with Crippen molar-refractivity contribution in [2.24, 2.45) is 17.8 Å². The highest BCUT2D eigenvalue weighted by molar-refractivity contribution is 6.25. The molecule has 2 aromatic rings. The number of benzene rings is 2. The number of carbonyl (C=O) groups excluding carboxylic acids is 4. The lowest BCUT2D eigenvalue weighted by atomic mass is 9.59. The zero-order chi connectivity index (χ0) is 29.2. The molecule has 8 heteroatoms. The van der Waals surface area contributed by atoms with Gasteiger partial charge in [0, 0.05) is 28.2 Å². The number of phenolic OH excluding ortho intramolecular Hbond substituents is 1. The molecule has 0 aromatic heterocycles. The van der Waals surface area contributed by atoms with Crippen LogP contribution in [0.15, 0.2) is 89.6 Å². The third-order valence-corrected chi connectivity index (χ3v) is 8.74. The van der Waals surface area contributed by atoms with E-state index in [0.717, 1.165) is 10.5 Å². The van der Waals surface area contributed by atoms with Crippen LogP contribution in [0.3, 0.4) is 0 Å². The summed E-state index contributed by atoms with van der Waals surface area (Å²) in [5, 5.41) is 20.8. The van der Waals surface area contributed by atoms with Gasteiger partial charge >= 0.3 is 5.97 Å². The van der Waals surface area contributed by atoms with Gasteiger partial charge in [0.2, 0.25) is 11.8 Å². The summed E-state index contributed by atoms with van der Waals surface area (Å²) in [6.07, 6.45) is 5.60. The number of rotatable bonds is 5. The fourth-order valence-electron chi connectivity index (χ4n) is 6.91. The average Bonchev–Trinajstić information content (AvgIpc) is 3.21. The van der Waals surface area contributed by atoms with Gasteiger partial charge in [0.1, 0.15) is 5.75 Å². The number of aromatic carboxylic acids is 1. The summed E-state index contributed by atoms with van der Waals surface area (Å²) < 4.78 is 0. The molecule has 1 aliphatic heterocycles. The van der Waals surface area contributed by atoms with Crippen molar-refractivity contribution in [3.8, 4) is 5.75 Å². The smallest absolute Gasteiger partial charge is 0.335 e. The molecule has 1 fully saturated rings. The van der Waals surface area contributed by atoms with E-state index in [9.17, 15) is 34.2 Å². The van der Waals surface area contributed by atoms with E-state index in [1.165, 1.54) is 30.3 Å². The van der Waals surface area contributed by atoms with Crippen LogP contribution in [-0.4, -0.2) is 39.6 Å². The lowest BCUT2D eigenvalue weighted by Gasteiger charge is -2.42. The van der Waals surface area contributed by atoms with Crippen LogP contribution in [0.1, 0.15) is 47.2 Å². The molecule has 8 nitrogen and oxygen atoms in total. The number of amides is 2. The van der Waals surface area contributed by atoms with Gasteiger partial charge in [-0.1, -0.05) is 42.0 Å². The van der Waals surface area contributed by atoms with Gasteiger partial charge in [-0.25, -0.2) is 4.79 Å². The molecule has 206 valence electrons. The predicted molar refractivity (Wildman–Crippen MR) is 149 cm³/mol. The van der Waals surface area contributed by atoms with Gasteiger partial charge in [-0.15, -0.1) is 6.58 Å². The van der Waals surface area contributed by atoms with E-state index in [-0.39, 0.29) is 41.4 Å². The quantitative estimate of drug-likeness (QED) is 0.320. The van der Waals surface area contributed by atoms with Crippen LogP contribution < -0.4 is 4.90 Å². The summed E-state index contributed by atoms with van der Waals surface area (Å²) >= 11 is 0. The lowest BCUT2D eigenvalue weighted by molar-refractivity contribution is -0.123. The number of para-hydroxylation sites is 1. The molecule has 4 aliphatic rings. The SMILES string of the molecule is C=CCc1cccc([C@H]2C3=CC[C@@H]4C(=O)N(c5cccc(C(=O)O)c5)C(=O)[C@@H]4[C@@H]3CC3=C2C(=O)C(C)=CC3=O)c1O. The number of anilines is 1. The first-order chi connectivity index (χ1) is 19.6. The maximum atomic E-state index is 14.0. The summed E-state index contributed by atoms with van der Waals surface area (Å²) in [7, 11) is 0.